The summed E-state index contributed by atoms with van der Waals surface area (Å²) in [6, 6.07) is 7.32. The Kier molecular flexibility index (Phi) is 6.38. The highest BCUT2D eigenvalue weighted by Gasteiger charge is 2.28. The predicted octanol–water partition coefficient (Wildman–Crippen LogP) is 5.23. The third-order valence-electron chi connectivity index (χ3n) is 3.56. The maximum absolute atomic E-state index is 12.5. The van der Waals surface area contributed by atoms with Crippen LogP contribution >= 0.6 is 11.3 Å². The Morgan fingerprint density at radius 2 is 1.68 bits per heavy atom. The Hall–Kier alpha value is -2.55. The molecule has 0 atom stereocenters. The van der Waals surface area contributed by atoms with Gasteiger partial charge in [-0.25, -0.2) is 0 Å². The first-order valence-corrected chi connectivity index (χ1v) is 9.20. The molecule has 2 amide bonds. The van der Waals surface area contributed by atoms with E-state index in [4.69, 9.17) is 0 Å². The number of benzene rings is 1. The van der Waals surface area contributed by atoms with Crippen LogP contribution in [0, 0.1) is 12.3 Å². The van der Waals surface area contributed by atoms with E-state index in [1.807, 2.05) is 0 Å². The number of ether oxygens (including phenoxy) is 1. The van der Waals surface area contributed by atoms with Gasteiger partial charge in [-0.15, -0.1) is 11.3 Å². The van der Waals surface area contributed by atoms with Crippen LogP contribution in [-0.4, -0.2) is 24.6 Å². The zero-order valence-corrected chi connectivity index (χ0v) is 16.7. The maximum Gasteiger partial charge on any atom is 0.422 e. The Labute approximate surface area is 164 Å². The first-order valence-electron chi connectivity index (χ1n) is 8.38. The molecule has 0 aliphatic rings. The van der Waals surface area contributed by atoms with E-state index in [1.54, 1.807) is 33.8 Å². The number of halogens is 3. The van der Waals surface area contributed by atoms with Crippen molar-refractivity contribution in [2.45, 2.75) is 33.9 Å². The van der Waals surface area contributed by atoms with E-state index in [0.29, 0.717) is 21.1 Å². The SMILES string of the molecule is Cc1cc(NC(=O)C(C)(C)C)sc1C(=O)Nc1ccc(OCC(F)(F)F)cc1. The highest BCUT2D eigenvalue weighted by atomic mass is 32.1. The summed E-state index contributed by atoms with van der Waals surface area (Å²) in [5, 5.41) is 6.03. The average molecular weight is 414 g/mol. The first-order chi connectivity index (χ1) is 12.8. The fourth-order valence-electron chi connectivity index (χ4n) is 2.06. The zero-order valence-electron chi connectivity index (χ0n) is 15.9. The molecule has 2 aromatic rings. The summed E-state index contributed by atoms with van der Waals surface area (Å²) in [6.45, 7) is 5.75. The number of nitrogens with one attached hydrogen (secondary N) is 2. The smallest absolute Gasteiger partial charge is 0.422 e. The highest BCUT2D eigenvalue weighted by molar-refractivity contribution is 7.18. The van der Waals surface area contributed by atoms with E-state index in [0.717, 1.165) is 11.3 Å². The van der Waals surface area contributed by atoms with Gasteiger partial charge in [0.15, 0.2) is 6.61 Å². The third kappa shape index (κ3) is 6.26. The monoisotopic (exact) mass is 414 g/mol. The number of alkyl halides is 3. The van der Waals surface area contributed by atoms with Gasteiger partial charge >= 0.3 is 6.18 Å². The van der Waals surface area contributed by atoms with Crippen LogP contribution in [0.2, 0.25) is 0 Å². The van der Waals surface area contributed by atoms with E-state index in [2.05, 4.69) is 15.4 Å². The summed E-state index contributed by atoms with van der Waals surface area (Å²) in [6.07, 6.45) is -4.41. The largest absolute Gasteiger partial charge is 0.484 e. The van der Waals surface area contributed by atoms with Gasteiger partial charge in [0.2, 0.25) is 5.91 Å². The molecular weight excluding hydrogens is 393 g/mol. The summed E-state index contributed by atoms with van der Waals surface area (Å²) >= 11 is 1.15. The Morgan fingerprint density at radius 3 is 2.21 bits per heavy atom. The number of anilines is 2. The topological polar surface area (TPSA) is 67.4 Å². The Morgan fingerprint density at radius 1 is 1.07 bits per heavy atom. The molecule has 1 aromatic heterocycles. The average Bonchev–Trinajstić information content (AvgIpc) is 2.93. The number of hydrogen-bond donors (Lipinski definition) is 2. The van der Waals surface area contributed by atoms with Crippen molar-refractivity contribution in [3.63, 3.8) is 0 Å². The highest BCUT2D eigenvalue weighted by Crippen LogP contribution is 2.29. The number of rotatable bonds is 5. The molecule has 0 saturated carbocycles. The van der Waals surface area contributed by atoms with Gasteiger partial charge in [-0.2, -0.15) is 13.2 Å². The molecule has 0 radical (unpaired) electrons. The second-order valence-corrected chi connectivity index (χ2v) is 8.26. The normalized spacial score (nSPS) is 11.8. The molecule has 28 heavy (non-hydrogen) atoms. The van der Waals surface area contributed by atoms with E-state index in [1.165, 1.54) is 24.3 Å². The molecule has 1 aromatic carbocycles. The molecule has 2 N–H and O–H groups in total. The number of thiophene rings is 1. The Balaban J connectivity index is 2.02. The lowest BCUT2D eigenvalue weighted by Gasteiger charge is -2.16. The van der Waals surface area contributed by atoms with E-state index in [-0.39, 0.29) is 17.6 Å². The number of carbonyl (C=O) groups excluding carboxylic acids is 2. The molecule has 0 aliphatic carbocycles. The summed E-state index contributed by atoms with van der Waals surface area (Å²) in [7, 11) is 0. The molecule has 9 heteroatoms. The van der Waals surface area contributed by atoms with E-state index in [9.17, 15) is 22.8 Å². The lowest BCUT2D eigenvalue weighted by molar-refractivity contribution is -0.153. The van der Waals surface area contributed by atoms with Crippen LogP contribution in [0.5, 0.6) is 5.75 Å². The van der Waals surface area contributed by atoms with Gasteiger partial charge in [-0.1, -0.05) is 20.8 Å². The molecule has 1 heterocycles. The number of amides is 2. The molecular formula is C19H21F3N2O3S. The lowest BCUT2D eigenvalue weighted by atomic mass is 9.96. The van der Waals surface area contributed by atoms with Crippen molar-refractivity contribution in [3.05, 3.63) is 40.8 Å². The van der Waals surface area contributed by atoms with Gasteiger partial charge < -0.3 is 15.4 Å². The molecule has 0 aliphatic heterocycles. The number of aryl methyl sites for hydroxylation is 1. The van der Waals surface area contributed by atoms with Gasteiger partial charge in [0, 0.05) is 11.1 Å². The molecule has 0 unspecified atom stereocenters. The minimum Gasteiger partial charge on any atom is -0.484 e. The molecule has 0 fully saturated rings. The van der Waals surface area contributed by atoms with Gasteiger partial charge in [-0.05, 0) is 42.8 Å². The number of hydrogen-bond acceptors (Lipinski definition) is 4. The van der Waals surface area contributed by atoms with Crippen LogP contribution in [0.3, 0.4) is 0 Å². The maximum atomic E-state index is 12.5. The van der Waals surface area contributed by atoms with Crippen molar-refractivity contribution in [2.75, 3.05) is 17.2 Å². The molecule has 5 nitrogen and oxygen atoms in total. The fourth-order valence-corrected chi connectivity index (χ4v) is 3.02. The lowest BCUT2D eigenvalue weighted by Crippen LogP contribution is -2.27. The summed E-state index contributed by atoms with van der Waals surface area (Å²) in [5.41, 5.74) is 0.560. The quantitative estimate of drug-likeness (QED) is 0.704. The summed E-state index contributed by atoms with van der Waals surface area (Å²) in [4.78, 5) is 25.0. The molecule has 0 spiro atoms. The van der Waals surface area contributed by atoms with Crippen molar-refractivity contribution in [1.82, 2.24) is 0 Å². The van der Waals surface area contributed by atoms with Crippen LogP contribution in [0.4, 0.5) is 23.9 Å². The van der Waals surface area contributed by atoms with Gasteiger partial charge in [-0.3, -0.25) is 9.59 Å². The van der Waals surface area contributed by atoms with Gasteiger partial charge in [0.05, 0.1) is 9.88 Å². The molecule has 152 valence electrons. The van der Waals surface area contributed by atoms with E-state index < -0.39 is 18.2 Å². The van der Waals surface area contributed by atoms with Crippen molar-refractivity contribution in [3.8, 4) is 5.75 Å². The third-order valence-corrected chi connectivity index (χ3v) is 4.71. The van der Waals surface area contributed by atoms with Crippen LogP contribution in [0.1, 0.15) is 36.0 Å². The van der Waals surface area contributed by atoms with E-state index >= 15 is 0 Å². The van der Waals surface area contributed by atoms with Gasteiger partial charge in [0.1, 0.15) is 5.75 Å². The summed E-state index contributed by atoms with van der Waals surface area (Å²) < 4.78 is 41.1. The molecule has 2 rings (SSSR count). The fraction of sp³-hybridized carbons (Fsp3) is 0.368. The minimum absolute atomic E-state index is 0.0507. The molecule has 0 bridgehead atoms. The standard InChI is InChI=1S/C19H21F3N2O3S/c1-11-9-14(24-17(26)18(2,3)4)28-15(11)16(25)23-12-5-7-13(8-6-12)27-10-19(20,21)22/h5-9H,10H2,1-4H3,(H,23,25)(H,24,26). The van der Waals surface area contributed by atoms with Crippen LogP contribution in [0.25, 0.3) is 0 Å². The van der Waals surface area contributed by atoms with Crippen molar-refractivity contribution < 1.29 is 27.5 Å². The second kappa shape index (κ2) is 8.22. The zero-order chi connectivity index (χ0) is 21.1. The summed E-state index contributed by atoms with van der Waals surface area (Å²) in [5.74, 6) is -0.479. The van der Waals surface area contributed by atoms with Gasteiger partial charge in [0.25, 0.3) is 5.91 Å². The Bertz CT molecular complexity index is 853. The molecule has 0 saturated heterocycles. The van der Waals surface area contributed by atoms with Crippen LogP contribution in [-0.2, 0) is 4.79 Å². The van der Waals surface area contributed by atoms with Crippen LogP contribution < -0.4 is 15.4 Å². The second-order valence-electron chi connectivity index (χ2n) is 7.21. The van der Waals surface area contributed by atoms with Crippen LogP contribution in [0.15, 0.2) is 30.3 Å². The minimum atomic E-state index is -4.41. The van der Waals surface area contributed by atoms with Crippen molar-refractivity contribution in [1.29, 1.82) is 0 Å². The predicted molar refractivity (Wildman–Crippen MR) is 103 cm³/mol. The van der Waals surface area contributed by atoms with Crippen molar-refractivity contribution in [2.24, 2.45) is 5.41 Å². The number of carbonyl (C=O) groups is 2. The first kappa shape index (κ1) is 21.7. The van der Waals surface area contributed by atoms with Crippen molar-refractivity contribution >= 4 is 33.8 Å².